The lowest BCUT2D eigenvalue weighted by molar-refractivity contribution is -0.141. The van der Waals surface area contributed by atoms with Crippen molar-refractivity contribution in [1.29, 1.82) is 0 Å². The molecule has 0 bridgehead atoms. The molecule has 7 heteroatoms. The van der Waals surface area contributed by atoms with Gasteiger partial charge in [0.25, 0.3) is 5.91 Å². The third-order valence-corrected chi connectivity index (χ3v) is 3.23. The van der Waals surface area contributed by atoms with Crippen LogP contribution in [0.4, 0.5) is 19.0 Å². The maximum atomic E-state index is 12.6. The smallest absolute Gasteiger partial charge is 0.369 e. The lowest BCUT2D eigenvalue weighted by atomic mass is 10.2. The lowest BCUT2D eigenvalue weighted by Crippen LogP contribution is -2.18. The molecule has 4 nitrogen and oxygen atoms in total. The second-order valence-electron chi connectivity index (χ2n) is 4.97. The number of carbonyl (C=O) groups excluding carboxylic acids is 1. The number of amides is 1. The predicted octanol–water partition coefficient (Wildman–Crippen LogP) is 2.80. The van der Waals surface area contributed by atoms with Gasteiger partial charge in [0.2, 0.25) is 0 Å². The van der Waals surface area contributed by atoms with Crippen LogP contribution in [-0.4, -0.2) is 17.4 Å². The van der Waals surface area contributed by atoms with Crippen LogP contribution < -0.4 is 11.1 Å². The summed E-state index contributed by atoms with van der Waals surface area (Å²) in [5, 5.41) is 2.78. The summed E-state index contributed by atoms with van der Waals surface area (Å²) in [6.45, 7) is 0.477. The molecule has 1 aromatic rings. The Labute approximate surface area is 114 Å². The van der Waals surface area contributed by atoms with Gasteiger partial charge in [0, 0.05) is 6.54 Å². The van der Waals surface area contributed by atoms with E-state index in [9.17, 15) is 18.0 Å². The van der Waals surface area contributed by atoms with E-state index in [0.29, 0.717) is 6.54 Å². The normalized spacial score (nSPS) is 15.2. The van der Waals surface area contributed by atoms with Crippen molar-refractivity contribution in [3.63, 3.8) is 0 Å². The molecule has 0 aromatic carbocycles. The maximum Gasteiger partial charge on any atom is 0.433 e. The number of halogens is 3. The van der Waals surface area contributed by atoms with E-state index in [0.717, 1.165) is 30.9 Å². The van der Waals surface area contributed by atoms with Crippen LogP contribution in [0.3, 0.4) is 0 Å². The van der Waals surface area contributed by atoms with Gasteiger partial charge in [-0.25, -0.2) is 4.98 Å². The first-order valence-electron chi connectivity index (χ1n) is 6.50. The van der Waals surface area contributed by atoms with E-state index in [2.05, 4.69) is 10.3 Å². The van der Waals surface area contributed by atoms with Crippen molar-refractivity contribution < 1.29 is 18.0 Å². The minimum atomic E-state index is -4.54. The van der Waals surface area contributed by atoms with Gasteiger partial charge in [0.1, 0.15) is 11.5 Å². The first-order chi connectivity index (χ1) is 9.38. The molecule has 110 valence electrons. The van der Waals surface area contributed by atoms with Crippen molar-refractivity contribution in [2.75, 3.05) is 11.9 Å². The zero-order chi connectivity index (χ0) is 14.8. The van der Waals surface area contributed by atoms with Gasteiger partial charge < -0.3 is 11.1 Å². The summed E-state index contributed by atoms with van der Waals surface area (Å²) in [6.07, 6.45) is -0.206. The number of nitrogens with two attached hydrogens (primary N) is 1. The molecule has 0 radical (unpaired) electrons. The van der Waals surface area contributed by atoms with Crippen molar-refractivity contribution in [3.05, 3.63) is 23.4 Å². The van der Waals surface area contributed by atoms with Crippen molar-refractivity contribution >= 4 is 11.7 Å². The highest BCUT2D eigenvalue weighted by Crippen LogP contribution is 2.33. The second kappa shape index (κ2) is 5.68. The number of alkyl halides is 3. The van der Waals surface area contributed by atoms with Gasteiger partial charge in [-0.3, -0.25) is 4.79 Å². The monoisotopic (exact) mass is 287 g/mol. The molecule has 0 atom stereocenters. The molecule has 0 saturated heterocycles. The Balaban J connectivity index is 2.07. The Kier molecular flexibility index (Phi) is 4.15. The molecular weight excluding hydrogens is 271 g/mol. The number of anilines is 1. The summed E-state index contributed by atoms with van der Waals surface area (Å²) >= 11 is 0. The average Bonchev–Trinajstić information content (AvgIpc) is 3.17. The van der Waals surface area contributed by atoms with Crippen LogP contribution in [0.2, 0.25) is 0 Å². The van der Waals surface area contributed by atoms with E-state index in [-0.39, 0.29) is 11.4 Å². The van der Waals surface area contributed by atoms with E-state index in [1.54, 1.807) is 0 Å². The molecular formula is C13H16F3N3O. The molecule has 0 spiro atoms. The van der Waals surface area contributed by atoms with Crippen molar-refractivity contribution in [1.82, 2.24) is 4.98 Å². The highest BCUT2D eigenvalue weighted by atomic mass is 19.4. The molecule has 0 aliphatic heterocycles. The third kappa shape index (κ3) is 3.85. The molecule has 1 amide bonds. The number of nitrogens with zero attached hydrogens (tertiary/aromatic N) is 1. The van der Waals surface area contributed by atoms with Crippen molar-refractivity contribution in [2.45, 2.75) is 31.9 Å². The standard InChI is InChI=1S/C13H16F3N3O/c14-13(15,16)10-6-5-9(11(17)20)12(19-10)18-7-1-2-8-3-4-8/h5-6,8H,1-4,7H2,(H2,17,20)(H,18,19). The van der Waals surface area contributed by atoms with E-state index >= 15 is 0 Å². The van der Waals surface area contributed by atoms with Crippen LogP contribution in [0.15, 0.2) is 12.1 Å². The second-order valence-corrected chi connectivity index (χ2v) is 4.97. The number of pyridine rings is 1. The van der Waals surface area contributed by atoms with Gasteiger partial charge in [0.15, 0.2) is 0 Å². The summed E-state index contributed by atoms with van der Waals surface area (Å²) in [5.74, 6) is -0.138. The van der Waals surface area contributed by atoms with E-state index in [4.69, 9.17) is 5.73 Å². The molecule has 1 aliphatic carbocycles. The predicted molar refractivity (Wildman–Crippen MR) is 68.2 cm³/mol. The van der Waals surface area contributed by atoms with Gasteiger partial charge in [-0.1, -0.05) is 12.8 Å². The van der Waals surface area contributed by atoms with Gasteiger partial charge >= 0.3 is 6.18 Å². The Bertz CT molecular complexity index is 498. The van der Waals surface area contributed by atoms with E-state index < -0.39 is 17.8 Å². The molecule has 1 heterocycles. The highest BCUT2D eigenvalue weighted by Gasteiger charge is 2.33. The molecule has 3 N–H and O–H groups in total. The molecule has 1 saturated carbocycles. The number of hydrogen-bond donors (Lipinski definition) is 2. The minimum Gasteiger partial charge on any atom is -0.369 e. The summed E-state index contributed by atoms with van der Waals surface area (Å²) in [4.78, 5) is 14.7. The van der Waals surface area contributed by atoms with Crippen LogP contribution in [0.5, 0.6) is 0 Å². The third-order valence-electron chi connectivity index (χ3n) is 3.23. The van der Waals surface area contributed by atoms with Crippen LogP contribution in [0, 0.1) is 5.92 Å². The molecule has 1 aromatic heterocycles. The number of carbonyl (C=O) groups is 1. The van der Waals surface area contributed by atoms with Gasteiger partial charge in [-0.15, -0.1) is 0 Å². The van der Waals surface area contributed by atoms with Gasteiger partial charge in [-0.05, 0) is 30.9 Å². The number of hydrogen-bond acceptors (Lipinski definition) is 3. The Hall–Kier alpha value is -1.79. The zero-order valence-electron chi connectivity index (χ0n) is 10.8. The zero-order valence-corrected chi connectivity index (χ0v) is 10.8. The molecule has 1 fully saturated rings. The molecule has 20 heavy (non-hydrogen) atoms. The first-order valence-corrected chi connectivity index (χ1v) is 6.50. The van der Waals surface area contributed by atoms with Gasteiger partial charge in [0.05, 0.1) is 5.56 Å². The lowest BCUT2D eigenvalue weighted by Gasteiger charge is -2.12. The fourth-order valence-corrected chi connectivity index (χ4v) is 1.95. The average molecular weight is 287 g/mol. The SMILES string of the molecule is NC(=O)c1ccc(C(F)(F)F)nc1NCCCC1CC1. The number of aromatic nitrogens is 1. The van der Waals surface area contributed by atoms with E-state index in [1.807, 2.05) is 0 Å². The Morgan fingerprint density at radius 3 is 2.65 bits per heavy atom. The van der Waals surface area contributed by atoms with Crippen molar-refractivity contribution in [2.24, 2.45) is 11.7 Å². The van der Waals surface area contributed by atoms with Crippen LogP contribution in [0.1, 0.15) is 41.7 Å². The van der Waals surface area contributed by atoms with Crippen LogP contribution in [-0.2, 0) is 6.18 Å². The van der Waals surface area contributed by atoms with E-state index in [1.165, 1.54) is 12.8 Å². The molecule has 0 unspecified atom stereocenters. The summed E-state index contributed by atoms with van der Waals surface area (Å²) < 4.78 is 37.8. The fourth-order valence-electron chi connectivity index (χ4n) is 1.95. The van der Waals surface area contributed by atoms with Crippen molar-refractivity contribution in [3.8, 4) is 0 Å². The highest BCUT2D eigenvalue weighted by molar-refractivity contribution is 5.97. The number of primary amides is 1. The quantitative estimate of drug-likeness (QED) is 0.790. The minimum absolute atomic E-state index is 0.0237. The maximum absolute atomic E-state index is 12.6. The van der Waals surface area contributed by atoms with Crippen LogP contribution in [0.25, 0.3) is 0 Å². The first kappa shape index (κ1) is 14.6. The molecule has 1 aliphatic rings. The number of rotatable bonds is 6. The summed E-state index contributed by atoms with van der Waals surface area (Å²) in [6, 6.07) is 1.82. The fraction of sp³-hybridized carbons (Fsp3) is 0.538. The number of nitrogens with one attached hydrogen (secondary N) is 1. The Morgan fingerprint density at radius 1 is 1.40 bits per heavy atom. The topological polar surface area (TPSA) is 68.0 Å². The Morgan fingerprint density at radius 2 is 2.10 bits per heavy atom. The summed E-state index contributed by atoms with van der Waals surface area (Å²) in [5.41, 5.74) is 4.08. The molecule has 2 rings (SSSR count). The van der Waals surface area contributed by atoms with Gasteiger partial charge in [-0.2, -0.15) is 13.2 Å². The van der Waals surface area contributed by atoms with Crippen LogP contribution >= 0.6 is 0 Å². The largest absolute Gasteiger partial charge is 0.433 e. The summed E-state index contributed by atoms with van der Waals surface area (Å²) in [7, 11) is 0.